The number of aromatic nitrogens is 2. The minimum Gasteiger partial charge on any atom is -0.276 e. The number of rotatable bonds is 0. The Hall–Kier alpha value is -0.360. The zero-order valence-electron chi connectivity index (χ0n) is 6.66. The van der Waals surface area contributed by atoms with Crippen molar-refractivity contribution in [3.8, 4) is 0 Å². The molecule has 1 aromatic heterocycles. The molecule has 2 aromatic rings. The summed E-state index contributed by atoms with van der Waals surface area (Å²) in [6, 6.07) is 1.40. The number of aromatic amines is 1. The normalized spacial score (nSPS) is 11.1. The monoisotopic (exact) mass is 310 g/mol. The number of fused-ring (bicyclic) bond motifs is 1. The fourth-order valence-corrected chi connectivity index (χ4v) is 1.92. The summed E-state index contributed by atoms with van der Waals surface area (Å²) in [4.78, 5) is 0. The average molecular weight is 310 g/mol. The first-order chi connectivity index (χ1) is 6.11. The molecule has 0 spiro atoms. The molecule has 1 heterocycles. The first-order valence-electron chi connectivity index (χ1n) is 3.59. The van der Waals surface area contributed by atoms with Crippen molar-refractivity contribution in [1.82, 2.24) is 10.2 Å². The SMILES string of the molecule is Cc1c(Cl)c(F)cc2c(I)n[nH]c12. The van der Waals surface area contributed by atoms with E-state index in [-0.39, 0.29) is 5.02 Å². The third kappa shape index (κ3) is 1.32. The number of aryl methyl sites for hydroxylation is 1. The van der Waals surface area contributed by atoms with Crippen LogP contribution in [0.3, 0.4) is 0 Å². The number of nitrogens with one attached hydrogen (secondary N) is 1. The Morgan fingerprint density at radius 3 is 3.00 bits per heavy atom. The lowest BCUT2D eigenvalue weighted by Crippen LogP contribution is -1.84. The third-order valence-electron chi connectivity index (χ3n) is 1.94. The van der Waals surface area contributed by atoms with Crippen LogP contribution in [0.4, 0.5) is 4.39 Å². The molecule has 0 amide bonds. The van der Waals surface area contributed by atoms with E-state index in [1.165, 1.54) is 6.07 Å². The van der Waals surface area contributed by atoms with E-state index in [4.69, 9.17) is 11.6 Å². The number of hydrogen-bond acceptors (Lipinski definition) is 1. The highest BCUT2D eigenvalue weighted by atomic mass is 127. The molecular weight excluding hydrogens is 305 g/mol. The van der Waals surface area contributed by atoms with Gasteiger partial charge in [-0.3, -0.25) is 5.10 Å². The number of nitrogens with zero attached hydrogens (tertiary/aromatic N) is 1. The third-order valence-corrected chi connectivity index (χ3v) is 3.23. The van der Waals surface area contributed by atoms with Gasteiger partial charge in [0.2, 0.25) is 0 Å². The molecule has 0 atom stereocenters. The van der Waals surface area contributed by atoms with Gasteiger partial charge in [-0.1, -0.05) is 11.6 Å². The molecule has 0 unspecified atom stereocenters. The molecule has 0 bridgehead atoms. The lowest BCUT2D eigenvalue weighted by atomic mass is 10.1. The average Bonchev–Trinajstić information content (AvgIpc) is 2.45. The minimum atomic E-state index is -0.397. The second-order valence-electron chi connectivity index (χ2n) is 2.73. The van der Waals surface area contributed by atoms with Crippen molar-refractivity contribution in [2.24, 2.45) is 0 Å². The maximum atomic E-state index is 13.2. The Kier molecular flexibility index (Phi) is 2.19. The van der Waals surface area contributed by atoms with Gasteiger partial charge in [0, 0.05) is 5.39 Å². The molecule has 2 nitrogen and oxygen atoms in total. The molecule has 5 heteroatoms. The van der Waals surface area contributed by atoms with Crippen LogP contribution in [0.2, 0.25) is 5.02 Å². The molecule has 0 saturated heterocycles. The highest BCUT2D eigenvalue weighted by Crippen LogP contribution is 2.28. The van der Waals surface area contributed by atoms with Gasteiger partial charge in [0.15, 0.2) is 0 Å². The fraction of sp³-hybridized carbons (Fsp3) is 0.125. The molecule has 0 radical (unpaired) electrons. The summed E-state index contributed by atoms with van der Waals surface area (Å²) in [7, 11) is 0. The highest BCUT2D eigenvalue weighted by molar-refractivity contribution is 14.1. The van der Waals surface area contributed by atoms with Crippen molar-refractivity contribution >= 4 is 45.1 Å². The van der Waals surface area contributed by atoms with E-state index in [1.807, 2.05) is 22.6 Å². The van der Waals surface area contributed by atoms with Gasteiger partial charge in [0.1, 0.15) is 9.52 Å². The summed E-state index contributed by atoms with van der Waals surface area (Å²) in [6.07, 6.45) is 0. The summed E-state index contributed by atoms with van der Waals surface area (Å²) in [5.41, 5.74) is 1.50. The molecule has 0 aliphatic carbocycles. The highest BCUT2D eigenvalue weighted by Gasteiger charge is 2.12. The van der Waals surface area contributed by atoms with Crippen molar-refractivity contribution in [1.29, 1.82) is 0 Å². The van der Waals surface area contributed by atoms with Crippen molar-refractivity contribution in [3.63, 3.8) is 0 Å². The first-order valence-corrected chi connectivity index (χ1v) is 5.05. The topological polar surface area (TPSA) is 28.7 Å². The summed E-state index contributed by atoms with van der Waals surface area (Å²) in [5, 5.41) is 7.73. The van der Waals surface area contributed by atoms with Crippen LogP contribution in [0, 0.1) is 16.4 Å². The molecule has 0 saturated carbocycles. The maximum absolute atomic E-state index is 13.2. The van der Waals surface area contributed by atoms with Gasteiger partial charge in [-0.15, -0.1) is 0 Å². The second-order valence-corrected chi connectivity index (χ2v) is 4.13. The summed E-state index contributed by atoms with van der Waals surface area (Å²) in [6.45, 7) is 1.77. The van der Waals surface area contributed by atoms with Crippen LogP contribution in [0.5, 0.6) is 0 Å². The maximum Gasteiger partial charge on any atom is 0.142 e. The molecule has 0 aliphatic rings. The van der Waals surface area contributed by atoms with Crippen LogP contribution >= 0.6 is 34.2 Å². The smallest absolute Gasteiger partial charge is 0.142 e. The zero-order valence-corrected chi connectivity index (χ0v) is 9.57. The van der Waals surface area contributed by atoms with E-state index >= 15 is 0 Å². The lowest BCUT2D eigenvalue weighted by molar-refractivity contribution is 0.629. The number of benzene rings is 1. The van der Waals surface area contributed by atoms with E-state index in [1.54, 1.807) is 6.92 Å². The van der Waals surface area contributed by atoms with Gasteiger partial charge in [0.25, 0.3) is 0 Å². The van der Waals surface area contributed by atoms with E-state index in [2.05, 4.69) is 10.2 Å². The molecule has 1 aromatic carbocycles. The predicted octanol–water partition coefficient (Wildman–Crippen LogP) is 3.27. The standard InChI is InChI=1S/C8H5ClFIN2/c1-3-6(9)5(10)2-4-7(3)12-13-8(4)11/h2H,1H3,(H,12,13). The van der Waals surface area contributed by atoms with E-state index in [0.29, 0.717) is 5.56 Å². The number of hydrogen-bond donors (Lipinski definition) is 1. The van der Waals surface area contributed by atoms with Gasteiger partial charge in [-0.25, -0.2) is 4.39 Å². The number of H-pyrrole nitrogens is 1. The Morgan fingerprint density at radius 2 is 2.31 bits per heavy atom. The van der Waals surface area contributed by atoms with E-state index in [9.17, 15) is 4.39 Å². The molecule has 68 valence electrons. The zero-order chi connectivity index (χ0) is 9.59. The molecule has 2 rings (SSSR count). The van der Waals surface area contributed by atoms with Crippen LogP contribution in [-0.2, 0) is 0 Å². The summed E-state index contributed by atoms with van der Waals surface area (Å²) >= 11 is 7.79. The Morgan fingerprint density at radius 1 is 1.62 bits per heavy atom. The largest absolute Gasteiger partial charge is 0.276 e. The Labute approximate surface area is 92.6 Å². The van der Waals surface area contributed by atoms with Gasteiger partial charge in [-0.05, 0) is 41.1 Å². The summed E-state index contributed by atoms with van der Waals surface area (Å²) < 4.78 is 13.9. The molecule has 1 N–H and O–H groups in total. The van der Waals surface area contributed by atoms with Crippen LogP contribution in [0.25, 0.3) is 10.9 Å². The quantitative estimate of drug-likeness (QED) is 0.743. The second kappa shape index (κ2) is 3.09. The molecule has 0 fully saturated rings. The van der Waals surface area contributed by atoms with Crippen LogP contribution < -0.4 is 0 Å². The van der Waals surface area contributed by atoms with Crippen molar-refractivity contribution < 1.29 is 4.39 Å². The Bertz CT molecular complexity index is 480. The van der Waals surface area contributed by atoms with Gasteiger partial charge < -0.3 is 0 Å². The van der Waals surface area contributed by atoms with Gasteiger partial charge in [0.05, 0.1) is 10.5 Å². The van der Waals surface area contributed by atoms with E-state index < -0.39 is 5.82 Å². The number of halogens is 3. The predicted molar refractivity (Wildman–Crippen MR) is 58.5 cm³/mol. The van der Waals surface area contributed by atoms with Crippen molar-refractivity contribution in [2.45, 2.75) is 6.92 Å². The van der Waals surface area contributed by atoms with Gasteiger partial charge in [-0.2, -0.15) is 5.10 Å². The van der Waals surface area contributed by atoms with Crippen LogP contribution in [0.1, 0.15) is 5.56 Å². The van der Waals surface area contributed by atoms with Crippen LogP contribution in [0.15, 0.2) is 6.07 Å². The van der Waals surface area contributed by atoms with E-state index in [0.717, 1.165) is 14.6 Å². The fourth-order valence-electron chi connectivity index (χ4n) is 1.23. The summed E-state index contributed by atoms with van der Waals surface area (Å²) in [5.74, 6) is -0.397. The van der Waals surface area contributed by atoms with Crippen LogP contribution in [-0.4, -0.2) is 10.2 Å². The van der Waals surface area contributed by atoms with Crippen molar-refractivity contribution in [2.75, 3.05) is 0 Å². The Balaban J connectivity index is 2.96. The van der Waals surface area contributed by atoms with Crippen molar-refractivity contribution in [3.05, 3.63) is 26.2 Å². The molecule has 13 heavy (non-hydrogen) atoms. The minimum absolute atomic E-state index is 0.160. The molecule has 0 aliphatic heterocycles. The lowest BCUT2D eigenvalue weighted by Gasteiger charge is -2.00. The first kappa shape index (κ1) is 9.21. The van der Waals surface area contributed by atoms with Gasteiger partial charge >= 0.3 is 0 Å². The molecular formula is C8H5ClFIN2.